The van der Waals surface area contributed by atoms with Gasteiger partial charge in [-0.25, -0.2) is 0 Å². The molecule has 1 fully saturated rings. The molecule has 2 rings (SSSR count). The van der Waals surface area contributed by atoms with Crippen LogP contribution in [0.15, 0.2) is 22.7 Å². The highest BCUT2D eigenvalue weighted by atomic mass is 79.9. The molecular formula is C14H20Br2N2. The molecule has 0 amide bonds. The summed E-state index contributed by atoms with van der Waals surface area (Å²) in [5.74, 6) is 0. The molecule has 18 heavy (non-hydrogen) atoms. The molecule has 0 saturated carbocycles. The van der Waals surface area contributed by atoms with Crippen LogP contribution in [0, 0.1) is 0 Å². The monoisotopic (exact) mass is 374 g/mol. The van der Waals surface area contributed by atoms with Crippen LogP contribution in [0.3, 0.4) is 0 Å². The first kappa shape index (κ1) is 14.4. The quantitative estimate of drug-likeness (QED) is 0.720. The van der Waals surface area contributed by atoms with E-state index in [2.05, 4.69) is 66.9 Å². The van der Waals surface area contributed by atoms with Crippen LogP contribution < -0.4 is 4.90 Å². The summed E-state index contributed by atoms with van der Waals surface area (Å²) < 4.78 is 1.18. The first-order valence-electron chi connectivity index (χ1n) is 6.48. The van der Waals surface area contributed by atoms with Gasteiger partial charge in [0.15, 0.2) is 0 Å². The summed E-state index contributed by atoms with van der Waals surface area (Å²) in [6, 6.07) is 6.57. The molecule has 100 valence electrons. The molecule has 1 aliphatic heterocycles. The molecule has 0 atom stereocenters. The SMILES string of the molecule is CN(CCN1CCCC1)c1ccc(CBr)cc1Br. The predicted octanol–water partition coefficient (Wildman–Crippen LogP) is 3.88. The van der Waals surface area contributed by atoms with E-state index in [1.807, 2.05) is 0 Å². The maximum absolute atomic E-state index is 3.67. The van der Waals surface area contributed by atoms with Gasteiger partial charge in [-0.1, -0.05) is 22.0 Å². The van der Waals surface area contributed by atoms with Crippen molar-refractivity contribution >= 4 is 37.5 Å². The van der Waals surface area contributed by atoms with Crippen LogP contribution in [0.4, 0.5) is 5.69 Å². The molecule has 0 spiro atoms. The summed E-state index contributed by atoms with van der Waals surface area (Å²) in [5.41, 5.74) is 2.58. The molecule has 1 heterocycles. The van der Waals surface area contributed by atoms with Crippen LogP contribution in [-0.2, 0) is 5.33 Å². The second-order valence-electron chi connectivity index (χ2n) is 4.89. The molecule has 1 aliphatic rings. The summed E-state index contributed by atoms with van der Waals surface area (Å²) in [6.45, 7) is 4.81. The fourth-order valence-corrected chi connectivity index (χ4v) is 3.44. The Hall–Kier alpha value is -0.0600. The average molecular weight is 376 g/mol. The third-order valence-electron chi connectivity index (χ3n) is 3.53. The standard InChI is InChI=1S/C14H20Br2N2/c1-17(8-9-18-6-2-3-7-18)14-5-4-12(11-15)10-13(14)16/h4-5,10H,2-3,6-9,11H2,1H3. The van der Waals surface area contributed by atoms with Gasteiger partial charge >= 0.3 is 0 Å². The highest BCUT2D eigenvalue weighted by Gasteiger charge is 2.13. The van der Waals surface area contributed by atoms with Crippen molar-refractivity contribution in [2.75, 3.05) is 38.1 Å². The lowest BCUT2D eigenvalue weighted by Gasteiger charge is -2.24. The molecular weight excluding hydrogens is 356 g/mol. The molecule has 1 aromatic carbocycles. The van der Waals surface area contributed by atoms with Gasteiger partial charge in [-0.3, -0.25) is 0 Å². The van der Waals surface area contributed by atoms with Crippen molar-refractivity contribution in [2.24, 2.45) is 0 Å². The third kappa shape index (κ3) is 3.72. The van der Waals surface area contributed by atoms with E-state index < -0.39 is 0 Å². The van der Waals surface area contributed by atoms with Crippen molar-refractivity contribution in [3.8, 4) is 0 Å². The molecule has 1 saturated heterocycles. The molecule has 0 radical (unpaired) electrons. The van der Waals surface area contributed by atoms with Gasteiger partial charge in [-0.05, 0) is 59.6 Å². The van der Waals surface area contributed by atoms with Crippen LogP contribution in [0.5, 0.6) is 0 Å². The van der Waals surface area contributed by atoms with Gasteiger partial charge in [0.25, 0.3) is 0 Å². The maximum atomic E-state index is 3.67. The van der Waals surface area contributed by atoms with Crippen LogP contribution >= 0.6 is 31.9 Å². The Kier molecular flexibility index (Phi) is 5.52. The molecule has 0 aliphatic carbocycles. The van der Waals surface area contributed by atoms with Crippen molar-refractivity contribution in [1.29, 1.82) is 0 Å². The zero-order valence-corrected chi connectivity index (χ0v) is 14.0. The first-order valence-corrected chi connectivity index (χ1v) is 8.40. The number of rotatable bonds is 5. The number of likely N-dealkylation sites (N-methyl/N-ethyl adjacent to an activating group) is 1. The first-order chi connectivity index (χ1) is 8.70. The zero-order chi connectivity index (χ0) is 13.0. The number of halogens is 2. The largest absolute Gasteiger partial charge is 0.372 e. The fourth-order valence-electron chi connectivity index (χ4n) is 2.36. The second kappa shape index (κ2) is 6.92. The van der Waals surface area contributed by atoms with E-state index in [0.717, 1.165) is 11.9 Å². The normalized spacial score (nSPS) is 16.2. The van der Waals surface area contributed by atoms with Gasteiger partial charge < -0.3 is 9.80 Å². The van der Waals surface area contributed by atoms with Gasteiger partial charge in [-0.2, -0.15) is 0 Å². The van der Waals surface area contributed by atoms with E-state index in [4.69, 9.17) is 0 Å². The minimum absolute atomic E-state index is 0.906. The van der Waals surface area contributed by atoms with Gasteiger partial charge in [0, 0.05) is 29.9 Å². The van der Waals surface area contributed by atoms with E-state index in [0.29, 0.717) is 0 Å². The zero-order valence-electron chi connectivity index (χ0n) is 10.8. The number of hydrogen-bond donors (Lipinski definition) is 0. The highest BCUT2D eigenvalue weighted by molar-refractivity contribution is 9.10. The number of hydrogen-bond acceptors (Lipinski definition) is 2. The Balaban J connectivity index is 1.93. The van der Waals surface area contributed by atoms with E-state index in [-0.39, 0.29) is 0 Å². The summed E-state index contributed by atoms with van der Waals surface area (Å²) in [6.07, 6.45) is 2.74. The van der Waals surface area contributed by atoms with E-state index >= 15 is 0 Å². The fraction of sp³-hybridized carbons (Fsp3) is 0.571. The second-order valence-corrected chi connectivity index (χ2v) is 6.30. The van der Waals surface area contributed by atoms with Gasteiger partial charge in [-0.15, -0.1) is 0 Å². The van der Waals surface area contributed by atoms with Crippen LogP contribution in [0.1, 0.15) is 18.4 Å². The smallest absolute Gasteiger partial charge is 0.0508 e. The molecule has 4 heteroatoms. The molecule has 1 aromatic rings. The predicted molar refractivity (Wildman–Crippen MR) is 85.7 cm³/mol. The van der Waals surface area contributed by atoms with E-state index in [1.54, 1.807) is 0 Å². The molecule has 0 unspecified atom stereocenters. The maximum Gasteiger partial charge on any atom is 0.0508 e. The van der Waals surface area contributed by atoms with Crippen molar-refractivity contribution in [3.63, 3.8) is 0 Å². The molecule has 0 bridgehead atoms. The molecule has 0 N–H and O–H groups in total. The number of likely N-dealkylation sites (tertiary alicyclic amines) is 1. The van der Waals surface area contributed by atoms with Crippen LogP contribution in [-0.4, -0.2) is 38.1 Å². The lowest BCUT2D eigenvalue weighted by atomic mass is 10.2. The van der Waals surface area contributed by atoms with Crippen molar-refractivity contribution in [2.45, 2.75) is 18.2 Å². The number of nitrogens with zero attached hydrogens (tertiary/aromatic N) is 2. The molecule has 0 aromatic heterocycles. The molecule has 2 nitrogen and oxygen atoms in total. The summed E-state index contributed by atoms with van der Waals surface area (Å²) in [5, 5.41) is 0.906. The van der Waals surface area contributed by atoms with Crippen molar-refractivity contribution in [1.82, 2.24) is 4.90 Å². The lowest BCUT2D eigenvalue weighted by molar-refractivity contribution is 0.346. The van der Waals surface area contributed by atoms with Gasteiger partial charge in [0.05, 0.1) is 5.69 Å². The Labute approximate surface area is 127 Å². The minimum atomic E-state index is 0.906. The van der Waals surface area contributed by atoms with Crippen LogP contribution in [0.2, 0.25) is 0 Å². The van der Waals surface area contributed by atoms with Gasteiger partial charge in [0.1, 0.15) is 0 Å². The number of benzene rings is 1. The Morgan fingerprint density at radius 3 is 2.61 bits per heavy atom. The topological polar surface area (TPSA) is 6.48 Å². The van der Waals surface area contributed by atoms with Crippen molar-refractivity contribution in [3.05, 3.63) is 28.2 Å². The van der Waals surface area contributed by atoms with Crippen molar-refractivity contribution < 1.29 is 0 Å². The summed E-state index contributed by atoms with van der Waals surface area (Å²) in [7, 11) is 2.17. The van der Waals surface area contributed by atoms with E-state index in [9.17, 15) is 0 Å². The number of anilines is 1. The number of alkyl halides is 1. The Morgan fingerprint density at radius 2 is 2.00 bits per heavy atom. The summed E-state index contributed by atoms with van der Waals surface area (Å²) >= 11 is 7.15. The van der Waals surface area contributed by atoms with E-state index in [1.165, 1.54) is 48.2 Å². The Bertz CT molecular complexity index is 389. The Morgan fingerprint density at radius 1 is 1.28 bits per heavy atom. The van der Waals surface area contributed by atoms with Crippen LogP contribution in [0.25, 0.3) is 0 Å². The minimum Gasteiger partial charge on any atom is -0.372 e. The summed E-state index contributed by atoms with van der Waals surface area (Å²) in [4.78, 5) is 4.89. The lowest BCUT2D eigenvalue weighted by Crippen LogP contribution is -2.31. The van der Waals surface area contributed by atoms with Gasteiger partial charge in [0.2, 0.25) is 0 Å². The third-order valence-corrected chi connectivity index (χ3v) is 4.81. The average Bonchev–Trinajstić information content (AvgIpc) is 2.88. The highest BCUT2D eigenvalue weighted by Crippen LogP contribution is 2.27.